The Morgan fingerprint density at radius 1 is 0.688 bits per heavy atom. The molecular formula is C14H12N2. The lowest BCUT2D eigenvalue weighted by Crippen LogP contribution is -1.86. The second-order valence-electron chi connectivity index (χ2n) is 4.14. The van der Waals surface area contributed by atoms with E-state index in [1.54, 1.807) is 0 Å². The van der Waals surface area contributed by atoms with Gasteiger partial charge >= 0.3 is 0 Å². The van der Waals surface area contributed by atoms with Crippen molar-refractivity contribution in [3.63, 3.8) is 0 Å². The molecule has 78 valence electrons. The summed E-state index contributed by atoms with van der Waals surface area (Å²) in [6.45, 7) is 4.02. The number of hydrogen-bond donors (Lipinski definition) is 0. The lowest BCUT2D eigenvalue weighted by atomic mass is 10.1. The predicted molar refractivity (Wildman–Crippen MR) is 66.5 cm³/mol. The molecule has 16 heavy (non-hydrogen) atoms. The summed E-state index contributed by atoms with van der Waals surface area (Å²) >= 11 is 0. The van der Waals surface area contributed by atoms with Gasteiger partial charge in [-0.25, -0.2) is 0 Å². The van der Waals surface area contributed by atoms with Crippen LogP contribution < -0.4 is 0 Å². The van der Waals surface area contributed by atoms with Crippen LogP contribution >= 0.6 is 0 Å². The first-order chi connectivity index (χ1) is 7.72. The minimum absolute atomic E-state index is 1.04. The molecule has 0 amide bonds. The lowest BCUT2D eigenvalue weighted by Gasteiger charge is -2.02. The monoisotopic (exact) mass is 208 g/mol. The summed E-state index contributed by atoms with van der Waals surface area (Å²) < 4.78 is 0. The molecule has 1 aromatic carbocycles. The van der Waals surface area contributed by atoms with Crippen LogP contribution in [0.2, 0.25) is 0 Å². The lowest BCUT2D eigenvalue weighted by molar-refractivity contribution is 1.24. The van der Waals surface area contributed by atoms with Gasteiger partial charge in [0, 0.05) is 22.2 Å². The number of nitrogens with zero attached hydrogens (tertiary/aromatic N) is 2. The molecule has 0 saturated heterocycles. The van der Waals surface area contributed by atoms with Gasteiger partial charge in [0.15, 0.2) is 0 Å². The maximum Gasteiger partial charge on any atom is 0.0712 e. The van der Waals surface area contributed by atoms with Gasteiger partial charge in [-0.1, -0.05) is 12.1 Å². The normalized spacial score (nSPS) is 11.1. The van der Waals surface area contributed by atoms with Gasteiger partial charge in [-0.2, -0.15) is 0 Å². The molecule has 0 aliphatic heterocycles. The summed E-state index contributed by atoms with van der Waals surface area (Å²) in [4.78, 5) is 9.04. The third-order valence-electron chi connectivity index (χ3n) is 2.78. The average molecular weight is 208 g/mol. The van der Waals surface area contributed by atoms with Gasteiger partial charge < -0.3 is 0 Å². The molecule has 0 aliphatic rings. The van der Waals surface area contributed by atoms with Crippen LogP contribution in [-0.2, 0) is 0 Å². The molecule has 2 heterocycles. The third-order valence-corrected chi connectivity index (χ3v) is 2.78. The molecule has 0 aliphatic carbocycles. The smallest absolute Gasteiger partial charge is 0.0712 e. The number of hydrogen-bond acceptors (Lipinski definition) is 2. The molecule has 3 rings (SSSR count). The maximum atomic E-state index is 4.52. The largest absolute Gasteiger partial charge is 0.253 e. The van der Waals surface area contributed by atoms with E-state index in [2.05, 4.69) is 34.2 Å². The minimum Gasteiger partial charge on any atom is -0.253 e. The van der Waals surface area contributed by atoms with E-state index >= 15 is 0 Å². The molecule has 0 N–H and O–H groups in total. The second-order valence-corrected chi connectivity index (χ2v) is 4.14. The van der Waals surface area contributed by atoms with E-state index in [1.807, 2.05) is 26.0 Å². The van der Waals surface area contributed by atoms with Crippen molar-refractivity contribution in [3.05, 3.63) is 47.8 Å². The first-order valence-corrected chi connectivity index (χ1v) is 5.37. The van der Waals surface area contributed by atoms with Crippen molar-refractivity contribution in [1.82, 2.24) is 9.97 Å². The summed E-state index contributed by atoms with van der Waals surface area (Å²) in [5.41, 5.74) is 4.18. The van der Waals surface area contributed by atoms with Gasteiger partial charge in [-0.15, -0.1) is 0 Å². The van der Waals surface area contributed by atoms with Crippen molar-refractivity contribution in [2.24, 2.45) is 0 Å². The van der Waals surface area contributed by atoms with Crippen LogP contribution in [0.3, 0.4) is 0 Å². The number of pyridine rings is 2. The molecule has 0 saturated carbocycles. The highest BCUT2D eigenvalue weighted by atomic mass is 14.7. The van der Waals surface area contributed by atoms with Crippen LogP contribution in [0.4, 0.5) is 0 Å². The van der Waals surface area contributed by atoms with Gasteiger partial charge in [-0.3, -0.25) is 9.97 Å². The zero-order valence-electron chi connectivity index (χ0n) is 9.36. The van der Waals surface area contributed by atoms with Crippen molar-refractivity contribution in [2.75, 3.05) is 0 Å². The van der Waals surface area contributed by atoms with Crippen LogP contribution in [0.5, 0.6) is 0 Å². The van der Waals surface area contributed by atoms with Gasteiger partial charge in [-0.05, 0) is 38.1 Å². The van der Waals surface area contributed by atoms with E-state index in [4.69, 9.17) is 0 Å². The Morgan fingerprint density at radius 3 is 1.56 bits per heavy atom. The zero-order valence-corrected chi connectivity index (χ0v) is 9.36. The quantitative estimate of drug-likeness (QED) is 0.529. The number of aromatic nitrogens is 2. The van der Waals surface area contributed by atoms with Crippen molar-refractivity contribution < 1.29 is 0 Å². The van der Waals surface area contributed by atoms with Crippen LogP contribution in [0, 0.1) is 13.8 Å². The van der Waals surface area contributed by atoms with Crippen molar-refractivity contribution in [3.8, 4) is 0 Å². The Kier molecular flexibility index (Phi) is 1.90. The number of benzene rings is 1. The second kappa shape index (κ2) is 3.27. The first kappa shape index (κ1) is 9.28. The van der Waals surface area contributed by atoms with Crippen LogP contribution in [-0.4, -0.2) is 9.97 Å². The molecule has 2 aromatic heterocycles. The molecular weight excluding hydrogens is 196 g/mol. The summed E-state index contributed by atoms with van der Waals surface area (Å²) in [6, 6.07) is 12.5. The van der Waals surface area contributed by atoms with E-state index in [0.29, 0.717) is 0 Å². The highest BCUT2D eigenvalue weighted by molar-refractivity contribution is 5.94. The van der Waals surface area contributed by atoms with Crippen LogP contribution in [0.1, 0.15) is 11.4 Å². The SMILES string of the molecule is Cc1ccc2cc3nc(C)ccc3cc2n1. The fourth-order valence-electron chi connectivity index (χ4n) is 1.95. The molecule has 0 radical (unpaired) electrons. The summed E-state index contributed by atoms with van der Waals surface area (Å²) in [5.74, 6) is 0. The average Bonchev–Trinajstić information content (AvgIpc) is 2.26. The van der Waals surface area contributed by atoms with Crippen LogP contribution in [0.25, 0.3) is 21.8 Å². The molecule has 0 fully saturated rings. The Bertz CT molecular complexity index is 625. The Labute approximate surface area is 94.0 Å². The van der Waals surface area contributed by atoms with Crippen molar-refractivity contribution in [2.45, 2.75) is 13.8 Å². The molecule has 0 spiro atoms. The molecule has 0 atom stereocenters. The van der Waals surface area contributed by atoms with E-state index in [9.17, 15) is 0 Å². The van der Waals surface area contributed by atoms with Crippen LogP contribution in [0.15, 0.2) is 36.4 Å². The Balaban J connectivity index is 2.44. The van der Waals surface area contributed by atoms with Gasteiger partial charge in [0.05, 0.1) is 11.0 Å². The summed E-state index contributed by atoms with van der Waals surface area (Å²) in [7, 11) is 0. The molecule has 3 aromatic rings. The third kappa shape index (κ3) is 1.43. The highest BCUT2D eigenvalue weighted by Crippen LogP contribution is 2.20. The number of aryl methyl sites for hydroxylation is 2. The van der Waals surface area contributed by atoms with E-state index < -0.39 is 0 Å². The van der Waals surface area contributed by atoms with E-state index in [1.165, 1.54) is 0 Å². The number of rotatable bonds is 0. The fraction of sp³-hybridized carbons (Fsp3) is 0.143. The maximum absolute atomic E-state index is 4.52. The van der Waals surface area contributed by atoms with Gasteiger partial charge in [0.25, 0.3) is 0 Å². The summed E-state index contributed by atoms with van der Waals surface area (Å²) in [5, 5.41) is 2.30. The minimum atomic E-state index is 1.04. The summed E-state index contributed by atoms with van der Waals surface area (Å²) in [6.07, 6.45) is 0. The van der Waals surface area contributed by atoms with Gasteiger partial charge in [0.1, 0.15) is 0 Å². The molecule has 2 heteroatoms. The molecule has 2 nitrogen and oxygen atoms in total. The molecule has 0 unspecified atom stereocenters. The molecule has 0 bridgehead atoms. The zero-order chi connectivity index (χ0) is 11.1. The van der Waals surface area contributed by atoms with Crippen molar-refractivity contribution in [1.29, 1.82) is 0 Å². The standard InChI is InChI=1S/C14H12N2/c1-9-3-5-11-8-14-12(7-13(11)15-9)6-4-10(2)16-14/h3-8H,1-2H3. The first-order valence-electron chi connectivity index (χ1n) is 5.37. The Hall–Kier alpha value is -1.96. The fourth-order valence-corrected chi connectivity index (χ4v) is 1.95. The topological polar surface area (TPSA) is 25.8 Å². The number of fused-ring (bicyclic) bond motifs is 2. The van der Waals surface area contributed by atoms with Crippen molar-refractivity contribution >= 4 is 21.8 Å². The van der Waals surface area contributed by atoms with E-state index in [0.717, 1.165) is 33.2 Å². The predicted octanol–water partition coefficient (Wildman–Crippen LogP) is 3.40. The highest BCUT2D eigenvalue weighted by Gasteiger charge is 2.00. The Morgan fingerprint density at radius 2 is 1.12 bits per heavy atom. The van der Waals surface area contributed by atoms with Gasteiger partial charge in [0.2, 0.25) is 0 Å². The van der Waals surface area contributed by atoms with E-state index in [-0.39, 0.29) is 0 Å².